The molecule has 21 heavy (non-hydrogen) atoms. The summed E-state index contributed by atoms with van der Waals surface area (Å²) in [6.45, 7) is 2.53. The normalized spacial score (nSPS) is 10.6. The molecule has 106 valence electrons. The highest BCUT2D eigenvalue weighted by molar-refractivity contribution is 5.75. The molecule has 0 fully saturated rings. The molecule has 0 atom stereocenters. The van der Waals surface area contributed by atoms with Gasteiger partial charge in [0.1, 0.15) is 5.52 Å². The Balaban J connectivity index is 2.05. The Hall–Kier alpha value is -2.69. The topological polar surface area (TPSA) is 57.1 Å². The monoisotopic (exact) mass is 281 g/mol. The number of nitrogens with zero attached hydrogens (tertiary/aromatic N) is 3. The molecule has 0 aliphatic rings. The molecular formula is C16H15N3O2. The molecule has 0 amide bonds. The minimum absolute atomic E-state index is 0.591. The molecule has 0 saturated carbocycles. The fraction of sp³-hybridized carbons (Fsp3) is 0.188. The molecule has 0 radical (unpaired) electrons. The first-order valence-corrected chi connectivity index (χ1v) is 6.71. The molecule has 0 N–H and O–H groups in total. The zero-order valence-corrected chi connectivity index (χ0v) is 11.9. The highest BCUT2D eigenvalue weighted by Gasteiger charge is 2.09. The van der Waals surface area contributed by atoms with Gasteiger partial charge in [-0.2, -0.15) is 0 Å². The predicted octanol–water partition coefficient (Wildman–Crippen LogP) is 3.10. The van der Waals surface area contributed by atoms with E-state index in [0.29, 0.717) is 23.9 Å². The van der Waals surface area contributed by atoms with E-state index in [2.05, 4.69) is 15.0 Å². The highest BCUT2D eigenvalue weighted by Crippen LogP contribution is 2.31. The summed E-state index contributed by atoms with van der Waals surface area (Å²) in [5, 5.41) is 0. The van der Waals surface area contributed by atoms with E-state index in [1.165, 1.54) is 0 Å². The molecule has 2 heterocycles. The fourth-order valence-corrected chi connectivity index (χ4v) is 2.09. The Morgan fingerprint density at radius 3 is 2.76 bits per heavy atom. The standard InChI is InChI=1S/C16H15N3O2/c1-3-21-14-7-6-11(9-15(14)20-2)16-18-10-13-12(19-16)5-4-8-17-13/h4-10H,3H2,1-2H3. The first kappa shape index (κ1) is 13.3. The van der Waals surface area contributed by atoms with Gasteiger partial charge in [-0.05, 0) is 37.3 Å². The van der Waals surface area contributed by atoms with E-state index in [1.54, 1.807) is 19.5 Å². The summed E-state index contributed by atoms with van der Waals surface area (Å²) in [6, 6.07) is 9.44. The lowest BCUT2D eigenvalue weighted by Gasteiger charge is -2.10. The van der Waals surface area contributed by atoms with Gasteiger partial charge in [-0.3, -0.25) is 4.98 Å². The average molecular weight is 281 g/mol. The van der Waals surface area contributed by atoms with Gasteiger partial charge in [-0.15, -0.1) is 0 Å². The van der Waals surface area contributed by atoms with E-state index in [1.807, 2.05) is 37.3 Å². The van der Waals surface area contributed by atoms with Crippen molar-refractivity contribution in [3.8, 4) is 22.9 Å². The third-order valence-corrected chi connectivity index (χ3v) is 3.07. The summed E-state index contributed by atoms with van der Waals surface area (Å²) in [5.74, 6) is 2.02. The Bertz CT molecular complexity index is 774. The highest BCUT2D eigenvalue weighted by atomic mass is 16.5. The van der Waals surface area contributed by atoms with Crippen molar-refractivity contribution in [2.75, 3.05) is 13.7 Å². The zero-order chi connectivity index (χ0) is 14.7. The van der Waals surface area contributed by atoms with E-state index >= 15 is 0 Å². The largest absolute Gasteiger partial charge is 0.493 e. The molecule has 3 aromatic rings. The number of fused-ring (bicyclic) bond motifs is 1. The van der Waals surface area contributed by atoms with Gasteiger partial charge in [0.15, 0.2) is 17.3 Å². The third-order valence-electron chi connectivity index (χ3n) is 3.07. The predicted molar refractivity (Wildman–Crippen MR) is 80.5 cm³/mol. The molecule has 1 aromatic carbocycles. The Morgan fingerprint density at radius 2 is 1.95 bits per heavy atom. The summed E-state index contributed by atoms with van der Waals surface area (Å²) in [7, 11) is 1.62. The van der Waals surface area contributed by atoms with Crippen LogP contribution in [0.5, 0.6) is 11.5 Å². The summed E-state index contributed by atoms with van der Waals surface area (Å²) >= 11 is 0. The van der Waals surface area contributed by atoms with Crippen molar-refractivity contribution in [1.82, 2.24) is 15.0 Å². The minimum atomic E-state index is 0.591. The van der Waals surface area contributed by atoms with Gasteiger partial charge in [-0.1, -0.05) is 0 Å². The average Bonchev–Trinajstić information content (AvgIpc) is 2.55. The second kappa shape index (κ2) is 5.75. The van der Waals surface area contributed by atoms with Crippen molar-refractivity contribution in [1.29, 1.82) is 0 Å². The summed E-state index contributed by atoms with van der Waals surface area (Å²) in [6.07, 6.45) is 3.45. The minimum Gasteiger partial charge on any atom is -0.493 e. The molecule has 2 aromatic heterocycles. The molecule has 0 spiro atoms. The van der Waals surface area contributed by atoms with Crippen LogP contribution in [-0.4, -0.2) is 28.7 Å². The molecule has 3 rings (SSSR count). The number of pyridine rings is 1. The maximum absolute atomic E-state index is 5.51. The molecule has 0 bridgehead atoms. The van der Waals surface area contributed by atoms with E-state index < -0.39 is 0 Å². The summed E-state index contributed by atoms with van der Waals surface area (Å²) < 4.78 is 10.9. The lowest BCUT2D eigenvalue weighted by atomic mass is 10.2. The Morgan fingerprint density at radius 1 is 1.05 bits per heavy atom. The van der Waals surface area contributed by atoms with Gasteiger partial charge in [0.2, 0.25) is 0 Å². The van der Waals surface area contributed by atoms with Crippen molar-refractivity contribution in [3.63, 3.8) is 0 Å². The van der Waals surface area contributed by atoms with Gasteiger partial charge in [0, 0.05) is 11.8 Å². The first-order chi connectivity index (χ1) is 10.3. The quantitative estimate of drug-likeness (QED) is 0.735. The van der Waals surface area contributed by atoms with Crippen LogP contribution in [0.1, 0.15) is 6.92 Å². The second-order valence-electron chi connectivity index (χ2n) is 4.40. The van der Waals surface area contributed by atoms with Crippen LogP contribution in [0.15, 0.2) is 42.7 Å². The number of aromatic nitrogens is 3. The summed E-state index contributed by atoms with van der Waals surface area (Å²) in [5.41, 5.74) is 2.47. The fourth-order valence-electron chi connectivity index (χ4n) is 2.09. The number of methoxy groups -OCH3 is 1. The van der Waals surface area contributed by atoms with Crippen LogP contribution in [0.2, 0.25) is 0 Å². The number of hydrogen-bond acceptors (Lipinski definition) is 5. The maximum Gasteiger partial charge on any atom is 0.161 e. The molecule has 0 aliphatic heterocycles. The number of rotatable bonds is 4. The van der Waals surface area contributed by atoms with E-state index in [4.69, 9.17) is 9.47 Å². The van der Waals surface area contributed by atoms with E-state index in [0.717, 1.165) is 16.6 Å². The second-order valence-corrected chi connectivity index (χ2v) is 4.40. The number of hydrogen-bond donors (Lipinski definition) is 0. The maximum atomic E-state index is 5.51. The van der Waals surface area contributed by atoms with Crippen LogP contribution in [-0.2, 0) is 0 Å². The lowest BCUT2D eigenvalue weighted by molar-refractivity contribution is 0.311. The smallest absolute Gasteiger partial charge is 0.161 e. The Labute approximate surface area is 122 Å². The molecule has 5 heteroatoms. The SMILES string of the molecule is CCOc1ccc(-c2ncc3ncccc3n2)cc1OC. The third kappa shape index (κ3) is 2.63. The van der Waals surface area contributed by atoms with Gasteiger partial charge < -0.3 is 9.47 Å². The number of ether oxygens (including phenoxy) is 2. The van der Waals surface area contributed by atoms with Crippen molar-refractivity contribution in [2.24, 2.45) is 0 Å². The van der Waals surface area contributed by atoms with Crippen LogP contribution in [0.3, 0.4) is 0 Å². The summed E-state index contributed by atoms with van der Waals surface area (Å²) in [4.78, 5) is 13.1. The van der Waals surface area contributed by atoms with Gasteiger partial charge in [-0.25, -0.2) is 9.97 Å². The van der Waals surface area contributed by atoms with Crippen molar-refractivity contribution >= 4 is 11.0 Å². The van der Waals surface area contributed by atoms with Gasteiger partial charge in [0.25, 0.3) is 0 Å². The van der Waals surface area contributed by atoms with E-state index in [9.17, 15) is 0 Å². The van der Waals surface area contributed by atoms with Crippen LogP contribution < -0.4 is 9.47 Å². The van der Waals surface area contributed by atoms with Crippen molar-refractivity contribution in [3.05, 3.63) is 42.7 Å². The lowest BCUT2D eigenvalue weighted by Crippen LogP contribution is -1.96. The molecule has 0 unspecified atom stereocenters. The van der Waals surface area contributed by atoms with E-state index in [-0.39, 0.29) is 0 Å². The van der Waals surface area contributed by atoms with Crippen LogP contribution >= 0.6 is 0 Å². The first-order valence-electron chi connectivity index (χ1n) is 6.71. The molecule has 0 saturated heterocycles. The Kier molecular flexibility index (Phi) is 3.64. The van der Waals surface area contributed by atoms with Crippen LogP contribution in [0.25, 0.3) is 22.4 Å². The zero-order valence-electron chi connectivity index (χ0n) is 11.9. The number of benzene rings is 1. The molecular weight excluding hydrogens is 266 g/mol. The van der Waals surface area contributed by atoms with Crippen LogP contribution in [0, 0.1) is 0 Å². The molecule has 0 aliphatic carbocycles. The van der Waals surface area contributed by atoms with Crippen molar-refractivity contribution in [2.45, 2.75) is 6.92 Å². The van der Waals surface area contributed by atoms with Gasteiger partial charge >= 0.3 is 0 Å². The molecule has 5 nitrogen and oxygen atoms in total. The van der Waals surface area contributed by atoms with Crippen LogP contribution in [0.4, 0.5) is 0 Å². The van der Waals surface area contributed by atoms with Gasteiger partial charge in [0.05, 0.1) is 25.4 Å². The van der Waals surface area contributed by atoms with Crippen molar-refractivity contribution < 1.29 is 9.47 Å².